The van der Waals surface area contributed by atoms with Gasteiger partial charge in [0.1, 0.15) is 5.75 Å². The molecule has 0 N–H and O–H groups in total. The fraction of sp³-hybridized carbons (Fsp3) is 0.949. The number of hydrogen-bond donors (Lipinski definition) is 0. The highest BCUT2D eigenvalue weighted by molar-refractivity contribution is 5.20. The van der Waals surface area contributed by atoms with Crippen LogP contribution in [0.3, 0.4) is 0 Å². The summed E-state index contributed by atoms with van der Waals surface area (Å²) >= 11 is 0. The molecule has 0 aliphatic heterocycles. The van der Waals surface area contributed by atoms with Crippen molar-refractivity contribution in [3.8, 4) is 5.75 Å². The molecule has 17 fully saturated rings. The molecule has 1 aromatic rings. The molecule has 0 amide bonds. The van der Waals surface area contributed by atoms with Crippen LogP contribution in [0.4, 0.5) is 0 Å². The van der Waals surface area contributed by atoms with Crippen LogP contribution in [0.5, 0.6) is 5.75 Å². The third kappa shape index (κ3) is 45.7. The van der Waals surface area contributed by atoms with Crippen molar-refractivity contribution in [3.63, 3.8) is 0 Å². The van der Waals surface area contributed by atoms with Crippen LogP contribution in [-0.4, -0.2) is 110 Å². The Bertz CT molecular complexity index is 2610. The fourth-order valence-corrected chi connectivity index (χ4v) is 25.4. The van der Waals surface area contributed by atoms with Gasteiger partial charge < -0.3 is 28.9 Å². The van der Waals surface area contributed by atoms with Crippen LogP contribution >= 0.6 is 0 Å². The van der Waals surface area contributed by atoms with Crippen molar-refractivity contribution in [1.82, 2.24) is 14.7 Å². The summed E-state index contributed by atoms with van der Waals surface area (Å²) in [5, 5.41) is 0. The lowest BCUT2D eigenvalue weighted by molar-refractivity contribution is -0.0545. The van der Waals surface area contributed by atoms with Gasteiger partial charge in [0.05, 0.1) is 13.2 Å². The van der Waals surface area contributed by atoms with Crippen molar-refractivity contribution in [2.45, 2.75) is 531 Å². The summed E-state index contributed by atoms with van der Waals surface area (Å²) < 4.78 is 13.9. The zero-order valence-corrected chi connectivity index (χ0v) is 91.2. The van der Waals surface area contributed by atoms with Crippen molar-refractivity contribution in [2.75, 3.05) is 70.7 Å². The van der Waals surface area contributed by atoms with E-state index in [1.165, 1.54) is 186 Å². The molecule has 734 valence electrons. The molecule has 124 heavy (non-hydrogen) atoms. The summed E-state index contributed by atoms with van der Waals surface area (Å²) in [5.41, 5.74) is 6.44. The minimum atomic E-state index is 0.384. The van der Waals surface area contributed by atoms with Gasteiger partial charge in [-0.25, -0.2) is 0 Å². The molecule has 0 aromatic heterocycles. The molecule has 3 spiro atoms. The van der Waals surface area contributed by atoms with Gasteiger partial charge in [0.25, 0.3) is 0 Å². The van der Waals surface area contributed by atoms with E-state index < -0.39 is 0 Å². The Morgan fingerprint density at radius 3 is 0.919 bits per heavy atom. The number of nitrogens with zero attached hydrogens (tertiary/aromatic N) is 3. The standard InChI is InChI=1S/C14H26.C13H24.C12H20.C12H22.C11H18.C11H20.C9H20.C8H16.C7H17N.C7H8O.C5H13N.C4H10O.C3H9N.C2H6O/c1-12-4-6-14(7-5-12)10-8-13(2,3)9-11-14;1-11-7-9-13(10-8-11)12-5-3-2-4-6-12;1-2-12-6-9-3-10(7-12)5-11(4-9)8-12;1-11-5-9-12(10-6-11)7-3-2-4-8-12;1-11-5-8-2-9(6-11)4-10(3-8)7-11;1-10-4-8-11(9-5-10)6-2-3-7-11;1-7-9(5,6)8(2,3)4;1-3-8(2)6-4-5-7-8;1-6(2)8(5)7(3)4;1-8-7-5-3-2-4-6-7;1-5(2)6(3)4;1-4(2)5-3;1-4(2)3;1-3-2/h12H,4-11H2,1-3H3;11-13H,2-10H2,1H3;9-11H,2-8H2,1H3;11H,2-10H2,1H3;8-10H,2-7H2,1H3;10H,2-9H2,1H3;7H2,1-6H3;3-7H2,1-2H3;6-7H,1-5H3;2-6H,1H3;5H,1-4H3;4H,1-3H3;1-3H3;1-2H3. The van der Waals surface area contributed by atoms with Gasteiger partial charge in [0.2, 0.25) is 0 Å². The van der Waals surface area contributed by atoms with Gasteiger partial charge in [-0.1, -0.05) is 277 Å². The Hall–Kier alpha value is -1.18. The average molecular weight is 1740 g/mol. The summed E-state index contributed by atoms with van der Waals surface area (Å²) in [4.78, 5) is 6.50. The topological polar surface area (TPSA) is 37.4 Å². The van der Waals surface area contributed by atoms with Gasteiger partial charge in [-0.3, -0.25) is 0 Å². The first-order chi connectivity index (χ1) is 58.1. The second-order valence-electron chi connectivity index (χ2n) is 51.2. The second-order valence-corrected chi connectivity index (χ2v) is 51.2. The van der Waals surface area contributed by atoms with Crippen molar-refractivity contribution in [3.05, 3.63) is 30.3 Å². The lowest BCUT2D eigenvalue weighted by Crippen LogP contribution is -2.45. The molecular formula is C118H229N3O3. The Balaban J connectivity index is 0.000000350. The molecule has 6 nitrogen and oxygen atoms in total. The summed E-state index contributed by atoms with van der Waals surface area (Å²) in [6.45, 7) is 55.3. The fourth-order valence-electron chi connectivity index (χ4n) is 25.4. The molecule has 0 atom stereocenters. The molecule has 0 heterocycles. The van der Waals surface area contributed by atoms with E-state index in [4.69, 9.17) is 9.47 Å². The monoisotopic (exact) mass is 1740 g/mol. The van der Waals surface area contributed by atoms with E-state index >= 15 is 0 Å². The largest absolute Gasteiger partial charge is 0.497 e. The number of benzene rings is 1. The second kappa shape index (κ2) is 58.9. The molecule has 18 rings (SSSR count). The number of rotatable bonds is 9. The number of para-hydroxylation sites is 1. The minimum absolute atomic E-state index is 0.384. The van der Waals surface area contributed by atoms with Crippen LogP contribution in [0.15, 0.2) is 30.3 Å². The first-order valence-corrected chi connectivity index (χ1v) is 54.7. The van der Waals surface area contributed by atoms with E-state index in [2.05, 4.69) is 188 Å². The van der Waals surface area contributed by atoms with E-state index in [0.29, 0.717) is 40.5 Å². The SMILES string of the molecule is CC(C)N(C)C.CC(C)N(C)C(C)C.CC12CC3CC(CC(C3)C1)C2.CC1CCC(C2CCCCC2)CC1.CC1CCC2(CC1)CCC(C)(C)CC2.CC1CCC2(CCCC2)CC1.CC1CCC2(CCCCC2)CC1.CCC(C)(C)C(C)(C)C.CCC1(C)CCCC1.CCC12CC3CC(CC(C3)C1)C2.CN(C)C.COC.COC(C)C.COc1ccccc1. The number of hydrogen-bond acceptors (Lipinski definition) is 6. The predicted molar refractivity (Wildman–Crippen MR) is 554 cm³/mol. The molecule has 1 aromatic carbocycles. The van der Waals surface area contributed by atoms with Crippen LogP contribution in [0.1, 0.15) is 506 Å². The maximum absolute atomic E-state index is 4.91. The number of methoxy groups -OCH3 is 3. The van der Waals surface area contributed by atoms with E-state index in [1.54, 1.807) is 183 Å². The van der Waals surface area contributed by atoms with Crippen molar-refractivity contribution in [1.29, 1.82) is 0 Å². The summed E-state index contributed by atoms with van der Waals surface area (Å²) in [7, 11) is 18.9. The van der Waals surface area contributed by atoms with Crippen molar-refractivity contribution in [2.24, 2.45) is 120 Å². The van der Waals surface area contributed by atoms with Gasteiger partial charge in [0.15, 0.2) is 0 Å². The highest BCUT2D eigenvalue weighted by atomic mass is 16.5. The number of ether oxygens (including phenoxy) is 3. The lowest BCUT2D eigenvalue weighted by Gasteiger charge is -2.56. The van der Waals surface area contributed by atoms with E-state index in [1.807, 2.05) is 70.2 Å². The van der Waals surface area contributed by atoms with Gasteiger partial charge in [-0.15, -0.1) is 0 Å². The quantitative estimate of drug-likeness (QED) is 0.245. The Morgan fingerprint density at radius 1 is 0.371 bits per heavy atom. The zero-order valence-electron chi connectivity index (χ0n) is 91.2. The lowest BCUT2D eigenvalue weighted by atomic mass is 9.49. The third-order valence-corrected chi connectivity index (χ3v) is 36.6. The molecule has 0 saturated heterocycles. The van der Waals surface area contributed by atoms with E-state index in [9.17, 15) is 0 Å². The molecule has 0 radical (unpaired) electrons. The Labute approximate surface area is 781 Å². The first-order valence-electron chi connectivity index (χ1n) is 54.7. The van der Waals surface area contributed by atoms with Crippen LogP contribution in [-0.2, 0) is 9.47 Å². The Kier molecular flexibility index (Phi) is 55.5. The first kappa shape index (κ1) is 117. The Morgan fingerprint density at radius 2 is 0.669 bits per heavy atom. The van der Waals surface area contributed by atoms with Crippen LogP contribution in [0.25, 0.3) is 0 Å². The summed E-state index contributed by atoms with van der Waals surface area (Å²) in [5.74, 6) is 14.1. The zero-order chi connectivity index (χ0) is 93.2. The van der Waals surface area contributed by atoms with Gasteiger partial charge in [0, 0.05) is 39.5 Å². The minimum Gasteiger partial charge on any atom is -0.497 e. The maximum atomic E-state index is 4.91. The van der Waals surface area contributed by atoms with Gasteiger partial charge in [-0.2, -0.15) is 0 Å². The molecule has 6 heteroatoms. The average Bonchev–Trinajstić information content (AvgIpc) is 0.795. The predicted octanol–water partition coefficient (Wildman–Crippen LogP) is 36.2. The van der Waals surface area contributed by atoms with Gasteiger partial charge >= 0.3 is 0 Å². The molecule has 17 aliphatic rings. The van der Waals surface area contributed by atoms with Crippen molar-refractivity contribution < 1.29 is 14.2 Å². The maximum Gasteiger partial charge on any atom is 0.118 e. The molecule has 0 unspecified atom stereocenters. The van der Waals surface area contributed by atoms with E-state index in [0.717, 1.165) is 109 Å². The molecule has 17 aliphatic carbocycles. The molecule has 17 saturated carbocycles. The van der Waals surface area contributed by atoms with E-state index in [-0.39, 0.29) is 0 Å². The highest BCUT2D eigenvalue weighted by Crippen LogP contribution is 2.63. The normalized spacial score (nSPS) is 29.5. The van der Waals surface area contributed by atoms with Gasteiger partial charge in [-0.05, 0) is 422 Å². The van der Waals surface area contributed by atoms with Crippen LogP contribution in [0, 0.1) is 120 Å². The molecular weight excluding hydrogens is 1510 g/mol. The summed E-state index contributed by atoms with van der Waals surface area (Å²) in [6, 6.07) is 11.7. The smallest absolute Gasteiger partial charge is 0.118 e. The third-order valence-electron chi connectivity index (χ3n) is 36.6. The van der Waals surface area contributed by atoms with Crippen LogP contribution in [0.2, 0.25) is 0 Å². The summed E-state index contributed by atoms with van der Waals surface area (Å²) in [6.07, 6.45) is 81.4. The molecule has 8 bridgehead atoms. The highest BCUT2D eigenvalue weighted by Gasteiger charge is 2.51. The van der Waals surface area contributed by atoms with Crippen molar-refractivity contribution >= 4 is 0 Å². The van der Waals surface area contributed by atoms with Crippen LogP contribution < -0.4 is 4.74 Å².